The Morgan fingerprint density at radius 1 is 1.15 bits per heavy atom. The molecule has 8 heteroatoms. The monoisotopic (exact) mass is 379 g/mol. The lowest BCUT2D eigenvalue weighted by atomic mass is 9.99. The molecule has 0 aliphatic heterocycles. The molecule has 0 aromatic heterocycles. The van der Waals surface area contributed by atoms with Crippen molar-refractivity contribution in [1.82, 2.24) is 5.32 Å². The van der Waals surface area contributed by atoms with Crippen LogP contribution in [-0.2, 0) is 11.3 Å². The van der Waals surface area contributed by atoms with Crippen molar-refractivity contribution in [1.29, 1.82) is 0 Å². The number of aliphatic hydroxyl groups excluding tert-OH is 2. The molecule has 3 N–H and O–H groups in total. The van der Waals surface area contributed by atoms with Gasteiger partial charge in [0.25, 0.3) is 0 Å². The molecule has 6 nitrogen and oxygen atoms in total. The molecule has 0 fully saturated rings. The molecule has 0 heterocycles. The van der Waals surface area contributed by atoms with Gasteiger partial charge in [-0.2, -0.15) is 0 Å². The number of amides is 1. The minimum atomic E-state index is -1.69. The molecule has 2 aromatic rings. The van der Waals surface area contributed by atoms with E-state index >= 15 is 0 Å². The summed E-state index contributed by atoms with van der Waals surface area (Å²) in [7, 11) is 0. The molecule has 0 bridgehead atoms. The third-order valence-electron chi connectivity index (χ3n) is 3.88. The van der Waals surface area contributed by atoms with E-state index in [0.29, 0.717) is 0 Å². The van der Waals surface area contributed by atoms with Gasteiger partial charge in [0.05, 0.1) is 11.7 Å². The molecule has 2 atom stereocenters. The molecule has 0 radical (unpaired) electrons. The Balaban J connectivity index is 1.82. The number of alkyl carbamates (subject to hydrolysis) is 1. The molecule has 27 heavy (non-hydrogen) atoms. The van der Waals surface area contributed by atoms with Crippen molar-refractivity contribution < 1.29 is 33.3 Å². The van der Waals surface area contributed by atoms with Gasteiger partial charge in [-0.25, -0.2) is 13.6 Å². The van der Waals surface area contributed by atoms with Gasteiger partial charge in [-0.05, 0) is 18.1 Å². The maximum Gasteiger partial charge on any atom is 0.407 e. The predicted molar refractivity (Wildman–Crippen MR) is 92.0 cm³/mol. The maximum atomic E-state index is 14.0. The SMILES string of the molecule is O=Cc1c(F)ccc(C(O)C(O)CCNC(=O)OCc2ccccc2)c1F. The molecule has 0 saturated heterocycles. The minimum Gasteiger partial charge on any atom is -0.445 e. The van der Waals surface area contributed by atoms with E-state index in [0.717, 1.165) is 17.7 Å². The van der Waals surface area contributed by atoms with Gasteiger partial charge in [0.15, 0.2) is 6.29 Å². The number of ether oxygens (including phenoxy) is 1. The summed E-state index contributed by atoms with van der Waals surface area (Å²) < 4.78 is 32.3. The number of nitrogens with one attached hydrogen (secondary N) is 1. The van der Waals surface area contributed by atoms with E-state index in [-0.39, 0.29) is 25.9 Å². The van der Waals surface area contributed by atoms with E-state index in [2.05, 4.69) is 5.32 Å². The third-order valence-corrected chi connectivity index (χ3v) is 3.88. The lowest BCUT2D eigenvalue weighted by Gasteiger charge is -2.19. The highest BCUT2D eigenvalue weighted by Gasteiger charge is 2.24. The van der Waals surface area contributed by atoms with Crippen LogP contribution in [0.25, 0.3) is 0 Å². The first-order valence-corrected chi connectivity index (χ1v) is 8.17. The molecule has 0 aliphatic carbocycles. The number of aldehydes is 1. The molecule has 2 aromatic carbocycles. The van der Waals surface area contributed by atoms with Gasteiger partial charge < -0.3 is 20.3 Å². The maximum absolute atomic E-state index is 14.0. The van der Waals surface area contributed by atoms with Crippen LogP contribution in [0.4, 0.5) is 13.6 Å². The van der Waals surface area contributed by atoms with Crippen LogP contribution in [0.15, 0.2) is 42.5 Å². The number of carbonyl (C=O) groups excluding carboxylic acids is 2. The molecule has 0 saturated carbocycles. The van der Waals surface area contributed by atoms with Gasteiger partial charge in [0, 0.05) is 12.1 Å². The highest BCUT2D eigenvalue weighted by atomic mass is 19.1. The van der Waals surface area contributed by atoms with E-state index in [1.807, 2.05) is 6.07 Å². The van der Waals surface area contributed by atoms with Gasteiger partial charge in [-0.1, -0.05) is 36.4 Å². The molecule has 144 valence electrons. The van der Waals surface area contributed by atoms with Crippen molar-refractivity contribution in [2.75, 3.05) is 6.54 Å². The number of hydrogen-bond donors (Lipinski definition) is 3. The summed E-state index contributed by atoms with van der Waals surface area (Å²) in [6, 6.07) is 10.8. The molecule has 0 aliphatic rings. The molecule has 1 amide bonds. The van der Waals surface area contributed by atoms with Crippen molar-refractivity contribution in [3.63, 3.8) is 0 Å². The summed E-state index contributed by atoms with van der Waals surface area (Å²) >= 11 is 0. The summed E-state index contributed by atoms with van der Waals surface area (Å²) in [6.45, 7) is 0.0301. The zero-order chi connectivity index (χ0) is 19.8. The first-order valence-electron chi connectivity index (χ1n) is 8.17. The zero-order valence-corrected chi connectivity index (χ0v) is 14.3. The summed E-state index contributed by atoms with van der Waals surface area (Å²) in [5.74, 6) is -2.29. The Morgan fingerprint density at radius 3 is 2.52 bits per heavy atom. The lowest BCUT2D eigenvalue weighted by Crippen LogP contribution is -2.30. The first kappa shape index (κ1) is 20.5. The van der Waals surface area contributed by atoms with Crippen molar-refractivity contribution in [2.45, 2.75) is 25.2 Å². The Morgan fingerprint density at radius 2 is 1.85 bits per heavy atom. The van der Waals surface area contributed by atoms with Crippen LogP contribution in [-0.4, -0.2) is 35.2 Å². The van der Waals surface area contributed by atoms with Crippen LogP contribution in [0.1, 0.15) is 34.0 Å². The van der Waals surface area contributed by atoms with Gasteiger partial charge >= 0.3 is 6.09 Å². The van der Waals surface area contributed by atoms with E-state index in [1.54, 1.807) is 24.3 Å². The van der Waals surface area contributed by atoms with Crippen LogP contribution in [0, 0.1) is 11.6 Å². The molecule has 2 rings (SSSR count). The molecule has 2 unspecified atom stereocenters. The number of carbonyl (C=O) groups is 2. The van der Waals surface area contributed by atoms with Gasteiger partial charge in [-0.15, -0.1) is 0 Å². The normalized spacial score (nSPS) is 12.9. The first-order chi connectivity index (χ1) is 12.9. The highest BCUT2D eigenvalue weighted by molar-refractivity contribution is 5.76. The van der Waals surface area contributed by atoms with Crippen molar-refractivity contribution in [2.24, 2.45) is 0 Å². The second-order valence-corrected chi connectivity index (χ2v) is 5.77. The van der Waals surface area contributed by atoms with Gasteiger partial charge in [0.1, 0.15) is 24.3 Å². The Kier molecular flexibility index (Phi) is 7.39. The predicted octanol–water partition coefficient (Wildman–Crippen LogP) is 2.49. The van der Waals surface area contributed by atoms with Crippen molar-refractivity contribution in [3.8, 4) is 0 Å². The fraction of sp³-hybridized carbons (Fsp3) is 0.263. The quantitative estimate of drug-likeness (QED) is 0.613. The number of benzene rings is 2. The van der Waals surface area contributed by atoms with Crippen LogP contribution in [0.2, 0.25) is 0 Å². The van der Waals surface area contributed by atoms with Crippen molar-refractivity contribution in [3.05, 3.63) is 70.8 Å². The zero-order valence-electron chi connectivity index (χ0n) is 14.3. The van der Waals surface area contributed by atoms with Crippen LogP contribution >= 0.6 is 0 Å². The van der Waals surface area contributed by atoms with Crippen LogP contribution < -0.4 is 5.32 Å². The second kappa shape index (κ2) is 9.75. The number of hydrogen-bond acceptors (Lipinski definition) is 5. The average molecular weight is 379 g/mol. The van der Waals surface area contributed by atoms with Gasteiger partial charge in [0.2, 0.25) is 0 Å². The summed E-state index contributed by atoms with van der Waals surface area (Å²) in [5, 5.41) is 22.4. The fourth-order valence-electron chi connectivity index (χ4n) is 2.38. The summed E-state index contributed by atoms with van der Waals surface area (Å²) in [6.07, 6.45) is -3.96. The fourth-order valence-corrected chi connectivity index (χ4v) is 2.38. The summed E-state index contributed by atoms with van der Waals surface area (Å²) in [4.78, 5) is 22.3. The highest BCUT2D eigenvalue weighted by Crippen LogP contribution is 2.25. The lowest BCUT2D eigenvalue weighted by molar-refractivity contribution is 0.0115. The summed E-state index contributed by atoms with van der Waals surface area (Å²) in [5.41, 5.74) is -0.417. The standard InChI is InChI=1S/C19H19F2NO5/c20-15-7-6-13(17(21)14(15)10-23)18(25)16(24)8-9-22-19(26)27-11-12-4-2-1-3-5-12/h1-7,10,16,18,24-25H,8-9,11H2,(H,22,26). The van der Waals surface area contributed by atoms with Gasteiger partial charge in [-0.3, -0.25) is 4.79 Å². The minimum absolute atomic E-state index is 0.00242. The van der Waals surface area contributed by atoms with Crippen molar-refractivity contribution >= 4 is 12.4 Å². The van der Waals surface area contributed by atoms with E-state index in [1.165, 1.54) is 0 Å². The molecular weight excluding hydrogens is 360 g/mol. The van der Waals surface area contributed by atoms with Crippen LogP contribution in [0.3, 0.4) is 0 Å². The Labute approximate surface area is 154 Å². The molecule has 0 spiro atoms. The second-order valence-electron chi connectivity index (χ2n) is 5.77. The number of halogens is 2. The Bertz CT molecular complexity index is 785. The van der Waals surface area contributed by atoms with E-state index in [4.69, 9.17) is 4.74 Å². The smallest absolute Gasteiger partial charge is 0.407 e. The third kappa shape index (κ3) is 5.57. The molecular formula is C19H19F2NO5. The average Bonchev–Trinajstić information content (AvgIpc) is 2.67. The van der Waals surface area contributed by atoms with Crippen LogP contribution in [0.5, 0.6) is 0 Å². The van der Waals surface area contributed by atoms with E-state index in [9.17, 15) is 28.6 Å². The van der Waals surface area contributed by atoms with E-state index < -0.39 is 41.1 Å². The Hall–Kier alpha value is -2.84. The topological polar surface area (TPSA) is 95.9 Å². The largest absolute Gasteiger partial charge is 0.445 e. The number of rotatable bonds is 8. The number of aliphatic hydroxyl groups is 2.